The van der Waals surface area contributed by atoms with Crippen LogP contribution < -0.4 is 5.73 Å². The van der Waals surface area contributed by atoms with Gasteiger partial charge >= 0.3 is 11.4 Å². The first-order valence-corrected chi connectivity index (χ1v) is 4.07. The second kappa shape index (κ2) is 9.84. The van der Waals surface area contributed by atoms with Gasteiger partial charge in [0.15, 0.2) is 0 Å². The van der Waals surface area contributed by atoms with Crippen molar-refractivity contribution in [1.29, 1.82) is 0 Å². The molecule has 0 unspecified atom stereocenters. The minimum Gasteiger partial charge on any atom is -0.481 e. The number of rotatable bonds is 3. The predicted molar refractivity (Wildman–Crippen MR) is 51.9 cm³/mol. The number of carbonyl (C=O) groups excluding carboxylic acids is 1. The van der Waals surface area contributed by atoms with Gasteiger partial charge in [-0.15, -0.1) is 6.42 Å². The molecule has 0 heterocycles. The predicted octanol–water partition coefficient (Wildman–Crippen LogP) is 0.803. The molecule has 0 rings (SSSR count). The van der Waals surface area contributed by atoms with E-state index >= 15 is 0 Å². The van der Waals surface area contributed by atoms with Crippen LogP contribution in [0.3, 0.4) is 0 Å². The van der Waals surface area contributed by atoms with E-state index in [-0.39, 0.29) is 6.42 Å². The van der Waals surface area contributed by atoms with Gasteiger partial charge in [0.25, 0.3) is 0 Å². The van der Waals surface area contributed by atoms with Crippen LogP contribution >= 0.6 is 11.6 Å². The van der Waals surface area contributed by atoms with E-state index in [1.54, 1.807) is 6.92 Å². The van der Waals surface area contributed by atoms with Crippen molar-refractivity contribution in [2.45, 2.75) is 19.4 Å². The summed E-state index contributed by atoms with van der Waals surface area (Å²) < 4.78 is 4.17. The second-order valence-electron chi connectivity index (χ2n) is 2.04. The van der Waals surface area contributed by atoms with Gasteiger partial charge in [0, 0.05) is 11.6 Å². The fourth-order valence-electron chi connectivity index (χ4n) is 0.361. The Labute approximate surface area is 87.2 Å². The van der Waals surface area contributed by atoms with Gasteiger partial charge in [0.05, 0.1) is 19.1 Å². The Kier molecular flexibility index (Phi) is 10.7. The van der Waals surface area contributed by atoms with Gasteiger partial charge in [0.2, 0.25) is 0 Å². The highest BCUT2D eigenvalue weighted by atomic mass is 35.5. The van der Waals surface area contributed by atoms with Crippen LogP contribution in [0.15, 0.2) is 0 Å². The van der Waals surface area contributed by atoms with Gasteiger partial charge in [-0.3, -0.25) is 4.79 Å². The summed E-state index contributed by atoms with van der Waals surface area (Å²) in [5.41, 5.74) is 4.32. The minimum atomic E-state index is -0.963. The third-order valence-corrected chi connectivity index (χ3v) is 0.976. The monoisotopic (exact) mass is 221 g/mol. The summed E-state index contributed by atoms with van der Waals surface area (Å²) in [6, 6.07) is -0.646. The third kappa shape index (κ3) is 17.0. The Morgan fingerprint density at radius 1 is 1.71 bits per heavy atom. The highest BCUT2D eigenvalue weighted by Crippen LogP contribution is 1.83. The van der Waals surface area contributed by atoms with Crippen LogP contribution in [0.4, 0.5) is 4.79 Å². The van der Waals surface area contributed by atoms with E-state index in [0.29, 0.717) is 6.61 Å². The molecule has 80 valence electrons. The number of nitrogens with two attached hydrogens (primary N) is 1. The fourth-order valence-corrected chi connectivity index (χ4v) is 0.470. The number of carboxylic acids is 1. The van der Waals surface area contributed by atoms with Crippen LogP contribution in [0.2, 0.25) is 0 Å². The Balaban J connectivity index is 0. The summed E-state index contributed by atoms with van der Waals surface area (Å²) in [6.45, 7) is 2.04. The van der Waals surface area contributed by atoms with Gasteiger partial charge in [-0.05, 0) is 6.92 Å². The molecule has 0 bridgehead atoms. The number of terminal acetylenes is 1. The quantitative estimate of drug-likeness (QED) is 0.544. The molecule has 1 atom stereocenters. The highest BCUT2D eigenvalue weighted by Gasteiger charge is 2.01. The van der Waals surface area contributed by atoms with Crippen molar-refractivity contribution in [2.75, 3.05) is 6.61 Å². The van der Waals surface area contributed by atoms with Gasteiger partial charge in [-0.25, -0.2) is 4.79 Å². The molecule has 0 amide bonds. The number of hydrogen-bond donors (Lipinski definition) is 2. The molecule has 14 heavy (non-hydrogen) atoms. The molecule has 0 aliphatic carbocycles. The summed E-state index contributed by atoms with van der Waals surface area (Å²) in [5.74, 6) is 1.13. The molecule has 0 saturated heterocycles. The number of aliphatic carboxylic acids is 1. The van der Waals surface area contributed by atoms with Crippen LogP contribution in [0.1, 0.15) is 13.3 Å². The summed E-state index contributed by atoms with van der Waals surface area (Å²) >= 11 is 4.72. The Hall–Kier alpha value is -1.25. The zero-order valence-corrected chi connectivity index (χ0v) is 8.45. The zero-order valence-electron chi connectivity index (χ0n) is 7.70. The van der Waals surface area contributed by atoms with Crippen molar-refractivity contribution in [3.8, 4) is 12.3 Å². The third-order valence-electron chi connectivity index (χ3n) is 0.866. The maximum Gasteiger partial charge on any atom is 0.403 e. The average Bonchev–Trinajstić information content (AvgIpc) is 2.03. The van der Waals surface area contributed by atoms with Crippen LogP contribution in [-0.4, -0.2) is 29.2 Å². The molecule has 5 nitrogen and oxygen atoms in total. The van der Waals surface area contributed by atoms with Crippen molar-refractivity contribution in [2.24, 2.45) is 5.73 Å². The lowest BCUT2D eigenvalue weighted by atomic mass is 10.2. The largest absolute Gasteiger partial charge is 0.481 e. The number of halogens is 1. The lowest BCUT2D eigenvalue weighted by Crippen LogP contribution is -2.20. The number of ether oxygens (including phenoxy) is 1. The van der Waals surface area contributed by atoms with E-state index in [4.69, 9.17) is 28.9 Å². The zero-order chi connectivity index (χ0) is 11.6. The summed E-state index contributed by atoms with van der Waals surface area (Å²) in [7, 11) is 0. The summed E-state index contributed by atoms with van der Waals surface area (Å²) in [6.07, 6.45) is 4.63. The van der Waals surface area contributed by atoms with Gasteiger partial charge in [-0.2, -0.15) is 0 Å². The number of carboxylic acid groups (broad SMARTS) is 1. The fraction of sp³-hybridized carbons (Fsp3) is 0.500. The number of carbonyl (C=O) groups is 2. The SMILES string of the molecule is C#C[C@@H](N)CC(=O)O.CCOC(=O)Cl. The first kappa shape index (κ1) is 15.2. The van der Waals surface area contributed by atoms with Crippen molar-refractivity contribution < 1.29 is 19.4 Å². The van der Waals surface area contributed by atoms with Crippen molar-refractivity contribution in [3.63, 3.8) is 0 Å². The topological polar surface area (TPSA) is 89.6 Å². The smallest absolute Gasteiger partial charge is 0.403 e. The van der Waals surface area contributed by atoms with Gasteiger partial charge in [-0.1, -0.05) is 5.92 Å². The van der Waals surface area contributed by atoms with Crippen LogP contribution in [0.25, 0.3) is 0 Å². The molecule has 3 N–H and O–H groups in total. The maximum atomic E-state index is 9.79. The Bertz CT molecular complexity index is 224. The molecule has 0 radical (unpaired) electrons. The molecular weight excluding hydrogens is 210 g/mol. The first-order valence-electron chi connectivity index (χ1n) is 3.69. The van der Waals surface area contributed by atoms with Crippen molar-refractivity contribution in [1.82, 2.24) is 0 Å². The summed E-state index contributed by atoms with van der Waals surface area (Å²) in [5, 5.41) is 8.04. The molecular formula is C8H12ClNO4. The molecule has 0 aromatic carbocycles. The Morgan fingerprint density at radius 2 is 2.21 bits per heavy atom. The molecule has 0 aliphatic rings. The van der Waals surface area contributed by atoms with E-state index in [2.05, 4.69) is 10.7 Å². The van der Waals surface area contributed by atoms with E-state index < -0.39 is 17.4 Å². The first-order chi connectivity index (χ1) is 6.43. The van der Waals surface area contributed by atoms with E-state index in [0.717, 1.165) is 0 Å². The highest BCUT2D eigenvalue weighted by molar-refractivity contribution is 6.61. The standard InChI is InChI=1S/C5H7NO2.C3H5ClO2/c1-2-4(6)3-5(7)8;1-2-6-3(4)5/h1,4H,3,6H2,(H,7,8);2H2,1H3/t4-;/m1./s1. The van der Waals surface area contributed by atoms with Crippen LogP contribution in [0.5, 0.6) is 0 Å². The minimum absolute atomic E-state index is 0.156. The molecule has 0 fully saturated rings. The molecule has 0 aromatic rings. The molecule has 0 aromatic heterocycles. The molecule has 0 saturated carbocycles. The van der Waals surface area contributed by atoms with Crippen molar-refractivity contribution >= 4 is 23.0 Å². The Morgan fingerprint density at radius 3 is 2.29 bits per heavy atom. The van der Waals surface area contributed by atoms with Crippen LogP contribution in [0, 0.1) is 12.3 Å². The number of hydrogen-bond acceptors (Lipinski definition) is 4. The average molecular weight is 222 g/mol. The normalized spacial score (nSPS) is 10.1. The lowest BCUT2D eigenvalue weighted by molar-refractivity contribution is -0.137. The maximum absolute atomic E-state index is 9.79. The molecule has 0 spiro atoms. The van der Waals surface area contributed by atoms with E-state index in [9.17, 15) is 9.59 Å². The lowest BCUT2D eigenvalue weighted by Gasteiger charge is -1.94. The van der Waals surface area contributed by atoms with Gasteiger partial charge in [0.1, 0.15) is 0 Å². The van der Waals surface area contributed by atoms with E-state index in [1.165, 1.54) is 0 Å². The summed E-state index contributed by atoms with van der Waals surface area (Å²) in [4.78, 5) is 19.4. The van der Waals surface area contributed by atoms with E-state index in [1.807, 2.05) is 0 Å². The van der Waals surface area contributed by atoms with Crippen molar-refractivity contribution in [3.05, 3.63) is 0 Å². The van der Waals surface area contributed by atoms with Crippen LogP contribution in [-0.2, 0) is 9.53 Å². The second-order valence-corrected chi connectivity index (χ2v) is 2.35. The van der Waals surface area contributed by atoms with Gasteiger partial charge < -0.3 is 15.6 Å². The molecule has 6 heteroatoms. The molecule has 0 aliphatic heterocycles.